The lowest BCUT2D eigenvalue weighted by atomic mass is 9.67. The summed E-state index contributed by atoms with van der Waals surface area (Å²) in [6.07, 6.45) is 8.10. The number of ketones is 1. The predicted octanol–water partition coefficient (Wildman–Crippen LogP) is 2.95. The van der Waals surface area contributed by atoms with Crippen molar-refractivity contribution in [3.8, 4) is 0 Å². The molecule has 2 fully saturated rings. The van der Waals surface area contributed by atoms with E-state index in [2.05, 4.69) is 6.92 Å². The number of Topliss-reactive ketones (excluding diaryl/α,β-unsaturated/α-hetero) is 1. The largest absolute Gasteiger partial charge is 0.381 e. The van der Waals surface area contributed by atoms with Crippen molar-refractivity contribution in [1.82, 2.24) is 0 Å². The van der Waals surface area contributed by atoms with Gasteiger partial charge in [0.25, 0.3) is 0 Å². The third kappa shape index (κ3) is 2.10. The minimum absolute atomic E-state index is 0.234. The van der Waals surface area contributed by atoms with Gasteiger partial charge in [-0.1, -0.05) is 19.8 Å². The molecule has 0 aromatic rings. The number of carbonyl (C=O) groups is 1. The number of hydrogen-bond donors (Lipinski definition) is 0. The lowest BCUT2D eigenvalue weighted by molar-refractivity contribution is -0.118. The van der Waals surface area contributed by atoms with Crippen molar-refractivity contribution in [3.63, 3.8) is 0 Å². The summed E-state index contributed by atoms with van der Waals surface area (Å²) < 4.78 is 5.61. The molecule has 0 spiro atoms. The zero-order valence-corrected chi connectivity index (χ0v) is 9.92. The molecule has 3 unspecified atom stereocenters. The SMILES string of the molecule is COC1CCCCC1C1(C)CCC(=O)C1. The van der Waals surface area contributed by atoms with Crippen LogP contribution in [-0.2, 0) is 9.53 Å². The van der Waals surface area contributed by atoms with Crippen molar-refractivity contribution in [2.75, 3.05) is 7.11 Å². The average molecular weight is 210 g/mol. The maximum Gasteiger partial charge on any atom is 0.133 e. The van der Waals surface area contributed by atoms with Crippen molar-refractivity contribution in [2.24, 2.45) is 11.3 Å². The first-order valence-electron chi connectivity index (χ1n) is 6.20. The predicted molar refractivity (Wildman–Crippen MR) is 59.7 cm³/mol. The second-order valence-corrected chi connectivity index (χ2v) is 5.53. The van der Waals surface area contributed by atoms with Crippen LogP contribution in [0.2, 0.25) is 0 Å². The fourth-order valence-electron chi connectivity index (χ4n) is 3.54. The topological polar surface area (TPSA) is 26.3 Å². The molecule has 0 aromatic carbocycles. The van der Waals surface area contributed by atoms with Crippen molar-refractivity contribution >= 4 is 5.78 Å². The van der Waals surface area contributed by atoms with Crippen molar-refractivity contribution in [1.29, 1.82) is 0 Å². The van der Waals surface area contributed by atoms with E-state index < -0.39 is 0 Å². The van der Waals surface area contributed by atoms with Crippen LogP contribution in [0.3, 0.4) is 0 Å². The van der Waals surface area contributed by atoms with Crippen LogP contribution in [-0.4, -0.2) is 19.0 Å². The zero-order valence-electron chi connectivity index (χ0n) is 9.92. The van der Waals surface area contributed by atoms with E-state index in [-0.39, 0.29) is 5.41 Å². The standard InChI is InChI=1S/C13H22O2/c1-13(8-7-10(14)9-13)11-5-3-4-6-12(11)15-2/h11-12H,3-9H2,1-2H3. The van der Waals surface area contributed by atoms with Gasteiger partial charge in [-0.25, -0.2) is 0 Å². The van der Waals surface area contributed by atoms with Gasteiger partial charge in [-0.15, -0.1) is 0 Å². The molecule has 2 aliphatic rings. The molecule has 0 saturated heterocycles. The van der Waals surface area contributed by atoms with Gasteiger partial charge < -0.3 is 4.74 Å². The molecule has 0 aliphatic heterocycles. The molecule has 0 heterocycles. The smallest absolute Gasteiger partial charge is 0.133 e. The maximum absolute atomic E-state index is 11.5. The molecular weight excluding hydrogens is 188 g/mol. The van der Waals surface area contributed by atoms with Crippen molar-refractivity contribution < 1.29 is 9.53 Å². The summed E-state index contributed by atoms with van der Waals surface area (Å²) in [5.41, 5.74) is 0.234. The van der Waals surface area contributed by atoms with E-state index in [1.165, 1.54) is 25.7 Å². The zero-order chi connectivity index (χ0) is 10.9. The van der Waals surface area contributed by atoms with Gasteiger partial charge in [0.15, 0.2) is 0 Å². The molecule has 0 amide bonds. The Morgan fingerprint density at radius 3 is 2.67 bits per heavy atom. The van der Waals surface area contributed by atoms with Gasteiger partial charge in [-0.3, -0.25) is 4.79 Å². The first-order chi connectivity index (χ1) is 7.15. The minimum atomic E-state index is 0.234. The maximum atomic E-state index is 11.5. The molecular formula is C13H22O2. The van der Waals surface area contributed by atoms with Crippen LogP contribution < -0.4 is 0 Å². The van der Waals surface area contributed by atoms with Gasteiger partial charge in [0, 0.05) is 20.0 Å². The highest BCUT2D eigenvalue weighted by Crippen LogP contribution is 2.48. The van der Waals surface area contributed by atoms with Crippen LogP contribution in [0.5, 0.6) is 0 Å². The Hall–Kier alpha value is -0.370. The molecule has 2 heteroatoms. The monoisotopic (exact) mass is 210 g/mol. The summed E-state index contributed by atoms with van der Waals surface area (Å²) in [7, 11) is 1.82. The van der Waals surface area contributed by atoms with Crippen molar-refractivity contribution in [3.05, 3.63) is 0 Å². The van der Waals surface area contributed by atoms with Gasteiger partial charge in [0.2, 0.25) is 0 Å². The molecule has 0 N–H and O–H groups in total. The molecule has 2 rings (SSSR count). The molecule has 2 aliphatic carbocycles. The first-order valence-corrected chi connectivity index (χ1v) is 6.20. The fraction of sp³-hybridized carbons (Fsp3) is 0.923. The van der Waals surface area contributed by atoms with Gasteiger partial charge >= 0.3 is 0 Å². The number of carbonyl (C=O) groups excluding carboxylic acids is 1. The van der Waals surface area contributed by atoms with Crippen LogP contribution >= 0.6 is 0 Å². The summed E-state index contributed by atoms with van der Waals surface area (Å²) in [5.74, 6) is 1.07. The summed E-state index contributed by atoms with van der Waals surface area (Å²) >= 11 is 0. The van der Waals surface area contributed by atoms with Gasteiger partial charge in [0.05, 0.1) is 6.10 Å². The van der Waals surface area contributed by atoms with E-state index in [1.807, 2.05) is 7.11 Å². The highest BCUT2D eigenvalue weighted by atomic mass is 16.5. The number of hydrogen-bond acceptors (Lipinski definition) is 2. The summed E-state index contributed by atoms with van der Waals surface area (Å²) in [6, 6.07) is 0. The molecule has 2 saturated carbocycles. The van der Waals surface area contributed by atoms with E-state index in [1.54, 1.807) is 0 Å². The summed E-state index contributed by atoms with van der Waals surface area (Å²) in [5, 5.41) is 0. The van der Waals surface area contributed by atoms with E-state index in [0.29, 0.717) is 17.8 Å². The molecule has 2 nitrogen and oxygen atoms in total. The Kier molecular flexibility index (Phi) is 3.15. The quantitative estimate of drug-likeness (QED) is 0.700. The van der Waals surface area contributed by atoms with E-state index in [9.17, 15) is 4.79 Å². The summed E-state index contributed by atoms with van der Waals surface area (Å²) in [4.78, 5) is 11.5. The van der Waals surface area contributed by atoms with Gasteiger partial charge in [0.1, 0.15) is 5.78 Å². The Labute approximate surface area is 92.4 Å². The minimum Gasteiger partial charge on any atom is -0.381 e. The lowest BCUT2D eigenvalue weighted by Crippen LogP contribution is -2.38. The van der Waals surface area contributed by atoms with E-state index >= 15 is 0 Å². The number of methoxy groups -OCH3 is 1. The summed E-state index contributed by atoms with van der Waals surface area (Å²) in [6.45, 7) is 2.29. The molecule has 0 aromatic heterocycles. The normalized spacial score (nSPS) is 42.1. The molecule has 86 valence electrons. The lowest BCUT2D eigenvalue weighted by Gasteiger charge is -2.41. The Morgan fingerprint density at radius 2 is 2.07 bits per heavy atom. The number of ether oxygens (including phenoxy) is 1. The van der Waals surface area contributed by atoms with Crippen LogP contribution in [0.15, 0.2) is 0 Å². The molecule has 15 heavy (non-hydrogen) atoms. The Bertz CT molecular complexity index is 249. The second-order valence-electron chi connectivity index (χ2n) is 5.53. The first kappa shape index (κ1) is 11.1. The molecule has 0 radical (unpaired) electrons. The van der Waals surface area contributed by atoms with E-state index in [4.69, 9.17) is 4.74 Å². The van der Waals surface area contributed by atoms with Crippen LogP contribution in [0.1, 0.15) is 51.9 Å². The third-order valence-electron chi connectivity index (χ3n) is 4.48. The average Bonchev–Trinajstić information content (AvgIpc) is 2.60. The Balaban J connectivity index is 2.09. The van der Waals surface area contributed by atoms with Crippen LogP contribution in [0.25, 0.3) is 0 Å². The van der Waals surface area contributed by atoms with Crippen molar-refractivity contribution in [2.45, 2.75) is 58.0 Å². The molecule has 0 bridgehead atoms. The fourth-order valence-corrected chi connectivity index (χ4v) is 3.54. The van der Waals surface area contributed by atoms with Crippen LogP contribution in [0.4, 0.5) is 0 Å². The Morgan fingerprint density at radius 1 is 1.33 bits per heavy atom. The highest BCUT2D eigenvalue weighted by Gasteiger charge is 2.44. The number of rotatable bonds is 2. The van der Waals surface area contributed by atoms with Gasteiger partial charge in [-0.05, 0) is 30.6 Å². The second kappa shape index (κ2) is 4.25. The molecule has 3 atom stereocenters. The highest BCUT2D eigenvalue weighted by molar-refractivity contribution is 5.81. The van der Waals surface area contributed by atoms with Gasteiger partial charge in [-0.2, -0.15) is 0 Å². The van der Waals surface area contributed by atoms with Crippen LogP contribution in [0, 0.1) is 11.3 Å². The third-order valence-corrected chi connectivity index (χ3v) is 4.48. The van der Waals surface area contributed by atoms with E-state index in [0.717, 1.165) is 19.3 Å².